The summed E-state index contributed by atoms with van der Waals surface area (Å²) < 4.78 is 12.6. The number of thioether (sulfide) groups is 1. The van der Waals surface area contributed by atoms with Crippen LogP contribution in [-0.4, -0.2) is 70.2 Å². The fourth-order valence-corrected chi connectivity index (χ4v) is 5.72. The number of aryl methyl sites for hydroxylation is 1. The number of carbonyl (C=O) groups is 2. The number of hydrogen-bond acceptors (Lipinski definition) is 9. The third-order valence-corrected chi connectivity index (χ3v) is 8.01. The van der Waals surface area contributed by atoms with Crippen LogP contribution in [-0.2, 0) is 20.8 Å². The van der Waals surface area contributed by atoms with Gasteiger partial charge in [0.15, 0.2) is 11.0 Å². The Balaban J connectivity index is 1.51. The maximum Gasteiger partial charge on any atom is 0.341 e. The number of esters is 1. The van der Waals surface area contributed by atoms with Crippen LogP contribution in [0.1, 0.15) is 33.5 Å². The molecule has 0 unspecified atom stereocenters. The van der Waals surface area contributed by atoms with Crippen molar-refractivity contribution in [1.29, 1.82) is 0 Å². The van der Waals surface area contributed by atoms with E-state index in [0.717, 1.165) is 35.0 Å². The summed E-state index contributed by atoms with van der Waals surface area (Å²) in [5.41, 5.74) is 2.09. The van der Waals surface area contributed by atoms with E-state index in [0.29, 0.717) is 40.5 Å². The Morgan fingerprint density at radius 2 is 1.92 bits per heavy atom. The minimum Gasteiger partial charge on any atom is -0.462 e. The number of thiophene rings is 1. The standard InChI is InChI=1S/C24H28ClN5O4S2/c1-4-34-23(32)21-15(2)16(3)36-22(21)26-20(31)14-35-24-28-27-19(13-29-9-11-33-12-10-29)30(24)18-7-5-17(25)6-8-18/h5-8H,4,9-14H2,1-3H3,(H,26,31). The summed E-state index contributed by atoms with van der Waals surface area (Å²) in [5, 5.41) is 13.4. The zero-order valence-corrected chi connectivity index (χ0v) is 22.8. The van der Waals surface area contributed by atoms with Gasteiger partial charge in [0.1, 0.15) is 5.00 Å². The number of carbonyl (C=O) groups excluding carboxylic acids is 2. The lowest BCUT2D eigenvalue weighted by Gasteiger charge is -2.26. The van der Waals surface area contributed by atoms with Crippen molar-refractivity contribution in [3.05, 3.63) is 51.1 Å². The third-order valence-electron chi connectivity index (χ3n) is 5.70. The summed E-state index contributed by atoms with van der Waals surface area (Å²) in [6.07, 6.45) is 0. The van der Waals surface area contributed by atoms with Gasteiger partial charge in [0.05, 0.1) is 37.7 Å². The Labute approximate surface area is 223 Å². The minimum absolute atomic E-state index is 0.0987. The summed E-state index contributed by atoms with van der Waals surface area (Å²) in [4.78, 5) is 28.5. The molecule has 0 spiro atoms. The highest BCUT2D eigenvalue weighted by Gasteiger charge is 2.23. The van der Waals surface area contributed by atoms with Crippen LogP contribution in [0.25, 0.3) is 5.69 Å². The first-order valence-corrected chi connectivity index (χ1v) is 13.8. The normalized spacial score (nSPS) is 14.1. The molecule has 3 heterocycles. The van der Waals surface area contributed by atoms with E-state index < -0.39 is 5.97 Å². The van der Waals surface area contributed by atoms with Gasteiger partial charge in [0.25, 0.3) is 0 Å². The van der Waals surface area contributed by atoms with Gasteiger partial charge in [-0.2, -0.15) is 0 Å². The fraction of sp³-hybridized carbons (Fsp3) is 0.417. The molecule has 0 bridgehead atoms. The number of amides is 1. The van der Waals surface area contributed by atoms with Crippen LogP contribution in [0.4, 0.5) is 5.00 Å². The Morgan fingerprint density at radius 1 is 1.19 bits per heavy atom. The zero-order chi connectivity index (χ0) is 25.7. The van der Waals surface area contributed by atoms with Crippen molar-refractivity contribution in [2.24, 2.45) is 0 Å². The van der Waals surface area contributed by atoms with E-state index in [1.165, 1.54) is 23.1 Å². The third kappa shape index (κ3) is 6.27. The van der Waals surface area contributed by atoms with Crippen molar-refractivity contribution < 1.29 is 19.1 Å². The predicted octanol–water partition coefficient (Wildman–Crippen LogP) is 4.34. The topological polar surface area (TPSA) is 98.6 Å². The molecule has 9 nitrogen and oxygen atoms in total. The summed E-state index contributed by atoms with van der Waals surface area (Å²) in [7, 11) is 0. The van der Waals surface area contributed by atoms with Crippen LogP contribution in [0.3, 0.4) is 0 Å². The Bertz CT molecular complexity index is 1220. The second-order valence-corrected chi connectivity index (χ2v) is 10.7. The van der Waals surface area contributed by atoms with Gasteiger partial charge in [-0.1, -0.05) is 23.4 Å². The first-order chi connectivity index (χ1) is 17.4. The molecule has 1 aromatic carbocycles. The van der Waals surface area contributed by atoms with Crippen molar-refractivity contribution in [3.63, 3.8) is 0 Å². The SMILES string of the molecule is CCOC(=O)c1c(NC(=O)CSc2nnc(CN3CCOCC3)n2-c2ccc(Cl)cc2)sc(C)c1C. The molecule has 0 aliphatic carbocycles. The van der Waals surface area contributed by atoms with E-state index in [1.807, 2.05) is 42.7 Å². The van der Waals surface area contributed by atoms with Gasteiger partial charge in [-0.3, -0.25) is 14.3 Å². The van der Waals surface area contributed by atoms with Crippen LogP contribution < -0.4 is 5.32 Å². The number of halogens is 1. The largest absolute Gasteiger partial charge is 0.462 e. The number of morpholine rings is 1. The lowest BCUT2D eigenvalue weighted by atomic mass is 10.1. The molecule has 4 rings (SSSR count). The summed E-state index contributed by atoms with van der Waals surface area (Å²) >= 11 is 8.75. The quantitative estimate of drug-likeness (QED) is 0.311. The Kier molecular flexibility index (Phi) is 9.02. The molecule has 0 radical (unpaired) electrons. The molecule has 0 atom stereocenters. The number of nitrogens with zero attached hydrogens (tertiary/aromatic N) is 4. The molecule has 0 saturated carbocycles. The van der Waals surface area contributed by atoms with Crippen LogP contribution in [0.15, 0.2) is 29.4 Å². The maximum atomic E-state index is 12.9. The molecule has 1 fully saturated rings. The van der Waals surface area contributed by atoms with Gasteiger partial charge >= 0.3 is 5.97 Å². The molecule has 12 heteroatoms. The first kappa shape index (κ1) is 26.6. The van der Waals surface area contributed by atoms with Crippen LogP contribution in [0, 0.1) is 13.8 Å². The van der Waals surface area contributed by atoms with Gasteiger partial charge in [0, 0.05) is 28.7 Å². The van der Waals surface area contributed by atoms with Crippen LogP contribution in [0.5, 0.6) is 0 Å². The smallest absolute Gasteiger partial charge is 0.341 e. The van der Waals surface area contributed by atoms with E-state index in [-0.39, 0.29) is 18.3 Å². The second kappa shape index (κ2) is 12.2. The first-order valence-electron chi connectivity index (χ1n) is 11.6. The Morgan fingerprint density at radius 3 is 2.61 bits per heavy atom. The van der Waals surface area contributed by atoms with Gasteiger partial charge in [-0.15, -0.1) is 21.5 Å². The van der Waals surface area contributed by atoms with Gasteiger partial charge < -0.3 is 14.8 Å². The minimum atomic E-state index is -0.433. The number of hydrogen-bond donors (Lipinski definition) is 1. The number of nitrogens with one attached hydrogen (secondary N) is 1. The van der Waals surface area contributed by atoms with Gasteiger partial charge in [-0.25, -0.2) is 4.79 Å². The summed E-state index contributed by atoms with van der Waals surface area (Å²) in [6, 6.07) is 7.44. The van der Waals surface area contributed by atoms with Crippen molar-refractivity contribution in [3.8, 4) is 5.69 Å². The highest BCUT2D eigenvalue weighted by molar-refractivity contribution is 7.99. The van der Waals surface area contributed by atoms with E-state index in [9.17, 15) is 9.59 Å². The van der Waals surface area contributed by atoms with Gasteiger partial charge in [-0.05, 0) is 50.6 Å². The van der Waals surface area contributed by atoms with E-state index in [2.05, 4.69) is 20.4 Å². The molecule has 2 aromatic heterocycles. The lowest BCUT2D eigenvalue weighted by molar-refractivity contribution is -0.113. The molecule has 192 valence electrons. The highest BCUT2D eigenvalue weighted by atomic mass is 35.5. The lowest BCUT2D eigenvalue weighted by Crippen LogP contribution is -2.36. The predicted molar refractivity (Wildman–Crippen MR) is 142 cm³/mol. The van der Waals surface area contributed by atoms with E-state index >= 15 is 0 Å². The molecule has 1 aliphatic heterocycles. The van der Waals surface area contributed by atoms with E-state index in [4.69, 9.17) is 21.1 Å². The van der Waals surface area contributed by atoms with Crippen LogP contribution >= 0.6 is 34.7 Å². The maximum absolute atomic E-state index is 12.9. The average molecular weight is 550 g/mol. The van der Waals surface area contributed by atoms with Gasteiger partial charge in [0.2, 0.25) is 5.91 Å². The molecular weight excluding hydrogens is 522 g/mol. The Hall–Kier alpha value is -2.44. The summed E-state index contributed by atoms with van der Waals surface area (Å²) in [6.45, 7) is 9.42. The van der Waals surface area contributed by atoms with E-state index in [1.54, 1.807) is 6.92 Å². The molecule has 1 N–H and O–H groups in total. The fourth-order valence-electron chi connectivity index (χ4n) is 3.76. The van der Waals surface area contributed by atoms with Crippen molar-refractivity contribution in [2.75, 3.05) is 44.0 Å². The number of anilines is 1. The zero-order valence-electron chi connectivity index (χ0n) is 20.4. The summed E-state index contributed by atoms with van der Waals surface area (Å²) in [5.74, 6) is 0.197. The number of rotatable bonds is 9. The van der Waals surface area contributed by atoms with Crippen molar-refractivity contribution in [1.82, 2.24) is 19.7 Å². The number of aromatic nitrogens is 3. The highest BCUT2D eigenvalue weighted by Crippen LogP contribution is 2.33. The molecule has 3 aromatic rings. The van der Waals surface area contributed by atoms with Crippen LogP contribution in [0.2, 0.25) is 5.02 Å². The number of ether oxygens (including phenoxy) is 2. The average Bonchev–Trinajstić information content (AvgIpc) is 3.38. The molecule has 1 amide bonds. The van der Waals surface area contributed by atoms with Crippen molar-refractivity contribution in [2.45, 2.75) is 32.5 Å². The molecule has 36 heavy (non-hydrogen) atoms. The molecule has 1 saturated heterocycles. The monoisotopic (exact) mass is 549 g/mol. The molecule has 1 aliphatic rings. The molecular formula is C24H28ClN5O4S2. The number of benzene rings is 1. The van der Waals surface area contributed by atoms with Crippen molar-refractivity contribution >= 4 is 51.6 Å². The second-order valence-electron chi connectivity index (χ2n) is 8.14.